The van der Waals surface area contributed by atoms with E-state index < -0.39 is 28.8 Å². The molecule has 0 atom stereocenters. The van der Waals surface area contributed by atoms with Crippen LogP contribution in [0.3, 0.4) is 0 Å². The number of methoxy groups -OCH3 is 1. The minimum Gasteiger partial charge on any atom is -0.493 e. The fourth-order valence-electron chi connectivity index (χ4n) is 1.82. The van der Waals surface area contributed by atoms with Crippen LogP contribution in [0.1, 0.15) is 11.1 Å². The van der Waals surface area contributed by atoms with Crippen molar-refractivity contribution in [2.45, 2.75) is 0 Å². The second-order valence-corrected chi connectivity index (χ2v) is 4.97. The molecule has 0 N–H and O–H groups in total. The molecule has 2 aromatic carbocycles. The summed E-state index contributed by atoms with van der Waals surface area (Å²) in [5.41, 5.74) is 0.0472. The van der Waals surface area contributed by atoms with Crippen LogP contribution in [0.15, 0.2) is 41.4 Å². The van der Waals surface area contributed by atoms with Gasteiger partial charge in [-0.1, -0.05) is 34.6 Å². The van der Waals surface area contributed by atoms with Crippen molar-refractivity contribution in [3.05, 3.63) is 70.0 Å². The minimum atomic E-state index is -1.31. The Morgan fingerprint density at radius 1 is 1.15 bits per heavy atom. The lowest BCUT2D eigenvalue weighted by atomic mass is 9.98. The predicted molar refractivity (Wildman–Crippen MR) is 75.1 cm³/mol. The first-order valence-electron chi connectivity index (χ1n) is 5.62. The van der Waals surface area contributed by atoms with Gasteiger partial charge < -0.3 is 4.74 Å². The molecule has 1 nitrogen and oxygen atoms in total. The molecule has 104 valence electrons. The molecule has 0 aliphatic carbocycles. The van der Waals surface area contributed by atoms with E-state index >= 15 is 0 Å². The van der Waals surface area contributed by atoms with Gasteiger partial charge in [-0.05, 0) is 23.3 Å². The van der Waals surface area contributed by atoms with Crippen molar-refractivity contribution in [2.75, 3.05) is 7.11 Å². The normalized spacial score (nSPS) is 10.4. The van der Waals surface area contributed by atoms with Crippen molar-refractivity contribution >= 4 is 21.5 Å². The maximum absolute atomic E-state index is 14.0. The van der Waals surface area contributed by atoms with Crippen molar-refractivity contribution in [1.82, 2.24) is 0 Å². The van der Waals surface area contributed by atoms with E-state index in [-0.39, 0.29) is 5.57 Å². The highest BCUT2D eigenvalue weighted by Gasteiger charge is 2.22. The van der Waals surface area contributed by atoms with Crippen molar-refractivity contribution in [3.8, 4) is 5.75 Å². The average Bonchev–Trinajstić information content (AvgIpc) is 2.42. The lowest BCUT2D eigenvalue weighted by molar-refractivity contribution is 0.366. The first kappa shape index (κ1) is 14.7. The quantitative estimate of drug-likeness (QED) is 0.718. The highest BCUT2D eigenvalue weighted by Crippen LogP contribution is 2.33. The molecule has 0 saturated carbocycles. The molecule has 0 heterocycles. The van der Waals surface area contributed by atoms with Gasteiger partial charge in [0.15, 0.2) is 11.6 Å². The van der Waals surface area contributed by atoms with Gasteiger partial charge in [0, 0.05) is 10.5 Å². The van der Waals surface area contributed by atoms with Crippen LogP contribution in [0.5, 0.6) is 5.75 Å². The largest absolute Gasteiger partial charge is 0.493 e. The molecule has 20 heavy (non-hydrogen) atoms. The Hall–Kier alpha value is -1.75. The van der Waals surface area contributed by atoms with E-state index in [0.29, 0.717) is 5.56 Å². The molecule has 2 aromatic rings. The van der Waals surface area contributed by atoms with E-state index in [1.165, 1.54) is 0 Å². The fourth-order valence-corrected chi connectivity index (χ4v) is 2.22. The second kappa shape index (κ2) is 5.71. The van der Waals surface area contributed by atoms with E-state index in [0.717, 1.165) is 17.6 Å². The Balaban J connectivity index is 2.58. The van der Waals surface area contributed by atoms with Gasteiger partial charge in [-0.15, -0.1) is 0 Å². The number of hydrogen-bond acceptors (Lipinski definition) is 1. The summed E-state index contributed by atoms with van der Waals surface area (Å²) in [4.78, 5) is 0. The molecule has 0 aliphatic rings. The molecule has 0 aliphatic heterocycles. The SMILES string of the molecule is C=C(c1cccc(Br)c1)c1c(F)cc(OC)c(F)c1F. The van der Waals surface area contributed by atoms with Gasteiger partial charge in [-0.3, -0.25) is 0 Å². The van der Waals surface area contributed by atoms with Crippen LogP contribution in [0.4, 0.5) is 13.2 Å². The molecule has 0 bridgehead atoms. The van der Waals surface area contributed by atoms with E-state index in [1.807, 2.05) is 0 Å². The zero-order chi connectivity index (χ0) is 14.9. The van der Waals surface area contributed by atoms with Gasteiger partial charge in [-0.2, -0.15) is 4.39 Å². The summed E-state index contributed by atoms with van der Waals surface area (Å²) in [7, 11) is 1.14. The summed E-state index contributed by atoms with van der Waals surface area (Å²) >= 11 is 3.25. The van der Waals surface area contributed by atoms with E-state index in [1.54, 1.807) is 24.3 Å². The molecule has 0 fully saturated rings. The van der Waals surface area contributed by atoms with Gasteiger partial charge in [0.25, 0.3) is 0 Å². The Labute approximate surface area is 122 Å². The molecular weight excluding hydrogens is 333 g/mol. The number of hydrogen-bond donors (Lipinski definition) is 0. The highest BCUT2D eigenvalue weighted by atomic mass is 79.9. The minimum absolute atomic E-state index is 0.0582. The van der Waals surface area contributed by atoms with E-state index in [9.17, 15) is 13.2 Å². The maximum atomic E-state index is 14.0. The Morgan fingerprint density at radius 2 is 1.85 bits per heavy atom. The van der Waals surface area contributed by atoms with Crippen LogP contribution in [0.2, 0.25) is 0 Å². The van der Waals surface area contributed by atoms with Gasteiger partial charge in [0.1, 0.15) is 5.82 Å². The zero-order valence-electron chi connectivity index (χ0n) is 10.5. The maximum Gasteiger partial charge on any atom is 0.201 e. The molecule has 0 radical (unpaired) electrons. The first-order valence-corrected chi connectivity index (χ1v) is 6.41. The summed E-state index contributed by atoms with van der Waals surface area (Å²) in [5, 5.41) is 0. The van der Waals surface area contributed by atoms with Crippen LogP contribution >= 0.6 is 15.9 Å². The predicted octanol–water partition coefficient (Wildman–Crippen LogP) is 4.94. The van der Waals surface area contributed by atoms with Crippen LogP contribution in [-0.2, 0) is 0 Å². The molecular formula is C15H10BrF3O. The molecule has 0 saturated heterocycles. The topological polar surface area (TPSA) is 9.23 Å². The Bertz CT molecular complexity index is 683. The standard InChI is InChI=1S/C15H10BrF3O/c1-8(9-4-3-5-10(16)6-9)13-11(17)7-12(20-2)14(18)15(13)19/h3-7H,1H2,2H3. The third-order valence-electron chi connectivity index (χ3n) is 2.82. The van der Waals surface area contributed by atoms with Gasteiger partial charge in [-0.25, -0.2) is 8.78 Å². The summed E-state index contributed by atoms with van der Waals surface area (Å²) in [6, 6.07) is 7.53. The Kier molecular flexibility index (Phi) is 4.18. The number of benzene rings is 2. The number of halogens is 4. The summed E-state index contributed by atoms with van der Waals surface area (Å²) in [5.74, 6) is -3.96. The highest BCUT2D eigenvalue weighted by molar-refractivity contribution is 9.10. The van der Waals surface area contributed by atoms with Crippen molar-refractivity contribution in [1.29, 1.82) is 0 Å². The van der Waals surface area contributed by atoms with Gasteiger partial charge >= 0.3 is 0 Å². The molecule has 0 amide bonds. The Morgan fingerprint density at radius 3 is 2.45 bits per heavy atom. The molecule has 2 rings (SSSR count). The third-order valence-corrected chi connectivity index (χ3v) is 3.31. The van der Waals surface area contributed by atoms with Crippen LogP contribution in [0.25, 0.3) is 5.57 Å². The molecule has 0 spiro atoms. The molecule has 0 aromatic heterocycles. The van der Waals surface area contributed by atoms with Crippen LogP contribution < -0.4 is 4.74 Å². The van der Waals surface area contributed by atoms with Gasteiger partial charge in [0.05, 0.1) is 12.7 Å². The summed E-state index contributed by atoms with van der Waals surface area (Å²) in [6.45, 7) is 3.65. The van der Waals surface area contributed by atoms with Crippen molar-refractivity contribution in [3.63, 3.8) is 0 Å². The summed E-state index contributed by atoms with van der Waals surface area (Å²) < 4.78 is 46.9. The van der Waals surface area contributed by atoms with E-state index in [4.69, 9.17) is 0 Å². The van der Waals surface area contributed by atoms with E-state index in [2.05, 4.69) is 27.2 Å². The first-order chi connectivity index (χ1) is 9.45. The smallest absolute Gasteiger partial charge is 0.201 e. The monoisotopic (exact) mass is 342 g/mol. The van der Waals surface area contributed by atoms with Crippen molar-refractivity contribution < 1.29 is 17.9 Å². The van der Waals surface area contributed by atoms with Crippen molar-refractivity contribution in [2.24, 2.45) is 0 Å². The molecule has 0 unspecified atom stereocenters. The third kappa shape index (κ3) is 2.58. The fraction of sp³-hybridized carbons (Fsp3) is 0.0667. The zero-order valence-corrected chi connectivity index (χ0v) is 12.1. The number of rotatable bonds is 3. The molecule has 5 heteroatoms. The summed E-state index contributed by atoms with van der Waals surface area (Å²) in [6.07, 6.45) is 0. The lowest BCUT2D eigenvalue weighted by Crippen LogP contribution is -2.02. The number of ether oxygens (including phenoxy) is 1. The lowest BCUT2D eigenvalue weighted by Gasteiger charge is -2.12. The van der Waals surface area contributed by atoms with Crippen LogP contribution in [-0.4, -0.2) is 7.11 Å². The van der Waals surface area contributed by atoms with Gasteiger partial charge in [0.2, 0.25) is 5.82 Å². The average molecular weight is 343 g/mol. The second-order valence-electron chi connectivity index (χ2n) is 4.05. The van der Waals surface area contributed by atoms with Crippen LogP contribution in [0, 0.1) is 17.5 Å².